The van der Waals surface area contributed by atoms with Crippen molar-refractivity contribution >= 4 is 0 Å². The third kappa shape index (κ3) is 4.29. The molecule has 0 bridgehead atoms. The Morgan fingerprint density at radius 2 is 1.95 bits per heavy atom. The molecule has 2 rings (SSSR count). The third-order valence-electron chi connectivity index (χ3n) is 5.21. The van der Waals surface area contributed by atoms with Gasteiger partial charge in [-0.2, -0.15) is 0 Å². The Kier molecular flexibility index (Phi) is 4.77. The molecule has 0 amide bonds. The molecule has 118 valence electrons. The summed E-state index contributed by atoms with van der Waals surface area (Å²) in [6.07, 6.45) is 5.54. The van der Waals surface area contributed by atoms with Gasteiger partial charge in [0, 0.05) is 6.42 Å². The smallest absolute Gasteiger partial charge is 0.123 e. The van der Waals surface area contributed by atoms with Crippen LogP contribution in [0.2, 0.25) is 0 Å². The second-order valence-electron chi connectivity index (χ2n) is 7.97. The summed E-state index contributed by atoms with van der Waals surface area (Å²) in [5.74, 6) is 0.459. The normalized spacial score (nSPS) is 27.4. The Balaban J connectivity index is 2.10. The van der Waals surface area contributed by atoms with E-state index in [1.807, 2.05) is 13.0 Å². The quantitative estimate of drug-likeness (QED) is 0.758. The zero-order chi connectivity index (χ0) is 15.7. The molecule has 1 N–H and O–H groups in total. The van der Waals surface area contributed by atoms with Crippen molar-refractivity contribution in [1.82, 2.24) is 0 Å². The first-order valence-corrected chi connectivity index (χ1v) is 8.17. The molecule has 0 aromatic heterocycles. The van der Waals surface area contributed by atoms with E-state index in [1.54, 1.807) is 6.07 Å². The fourth-order valence-corrected chi connectivity index (χ4v) is 3.62. The highest BCUT2D eigenvalue weighted by molar-refractivity contribution is 5.28. The van der Waals surface area contributed by atoms with Gasteiger partial charge < -0.3 is 5.11 Å². The Morgan fingerprint density at radius 3 is 2.62 bits per heavy atom. The van der Waals surface area contributed by atoms with Crippen LogP contribution in [0.3, 0.4) is 0 Å². The van der Waals surface area contributed by atoms with Crippen molar-refractivity contribution < 1.29 is 9.50 Å². The Bertz CT molecular complexity index is 489. The largest absolute Gasteiger partial charge is 0.390 e. The van der Waals surface area contributed by atoms with E-state index in [2.05, 4.69) is 20.8 Å². The van der Waals surface area contributed by atoms with Crippen LogP contribution in [0, 0.1) is 24.1 Å². The average Bonchev–Trinajstić information content (AvgIpc) is 2.55. The van der Waals surface area contributed by atoms with E-state index in [1.165, 1.54) is 12.5 Å². The van der Waals surface area contributed by atoms with Crippen LogP contribution in [0.4, 0.5) is 4.39 Å². The molecule has 21 heavy (non-hydrogen) atoms. The molecule has 1 aliphatic carbocycles. The Morgan fingerprint density at radius 1 is 1.24 bits per heavy atom. The van der Waals surface area contributed by atoms with Crippen molar-refractivity contribution in [2.75, 3.05) is 0 Å². The number of aryl methyl sites for hydroxylation is 1. The monoisotopic (exact) mass is 292 g/mol. The lowest BCUT2D eigenvalue weighted by atomic mass is 9.76. The van der Waals surface area contributed by atoms with Gasteiger partial charge in [-0.05, 0) is 67.2 Å². The summed E-state index contributed by atoms with van der Waals surface area (Å²) in [6.45, 7) is 8.86. The summed E-state index contributed by atoms with van der Waals surface area (Å²) in [6, 6.07) is 4.88. The molecule has 0 radical (unpaired) electrons. The van der Waals surface area contributed by atoms with Gasteiger partial charge in [0.15, 0.2) is 0 Å². The molecule has 0 heterocycles. The fourth-order valence-electron chi connectivity index (χ4n) is 3.62. The molecule has 0 aliphatic heterocycles. The highest BCUT2D eigenvalue weighted by Crippen LogP contribution is 2.40. The second-order valence-corrected chi connectivity index (χ2v) is 7.97. The van der Waals surface area contributed by atoms with Crippen LogP contribution in [0.1, 0.15) is 64.0 Å². The van der Waals surface area contributed by atoms with Gasteiger partial charge in [-0.25, -0.2) is 4.39 Å². The molecule has 2 unspecified atom stereocenters. The van der Waals surface area contributed by atoms with Gasteiger partial charge in [0.25, 0.3) is 0 Å². The van der Waals surface area contributed by atoms with Gasteiger partial charge in [0.2, 0.25) is 0 Å². The van der Waals surface area contributed by atoms with Crippen LogP contribution < -0.4 is 0 Å². The summed E-state index contributed by atoms with van der Waals surface area (Å²) < 4.78 is 13.4. The van der Waals surface area contributed by atoms with Gasteiger partial charge in [-0.15, -0.1) is 0 Å². The predicted octanol–water partition coefficient (Wildman–Crippen LogP) is 5.03. The van der Waals surface area contributed by atoms with Crippen LogP contribution >= 0.6 is 0 Å². The summed E-state index contributed by atoms with van der Waals surface area (Å²) in [5, 5.41) is 11.0. The van der Waals surface area contributed by atoms with Crippen molar-refractivity contribution in [1.29, 1.82) is 0 Å². The van der Waals surface area contributed by atoms with E-state index >= 15 is 0 Å². The van der Waals surface area contributed by atoms with E-state index in [4.69, 9.17) is 0 Å². The first kappa shape index (κ1) is 16.5. The molecule has 2 heteroatoms. The number of hydrogen-bond donors (Lipinski definition) is 1. The molecule has 1 fully saturated rings. The topological polar surface area (TPSA) is 20.2 Å². The molecule has 1 aliphatic rings. The predicted molar refractivity (Wildman–Crippen MR) is 85.8 cm³/mol. The first-order chi connectivity index (χ1) is 9.70. The minimum atomic E-state index is -0.668. The van der Waals surface area contributed by atoms with Crippen molar-refractivity contribution in [2.24, 2.45) is 11.3 Å². The second kappa shape index (κ2) is 6.08. The highest BCUT2D eigenvalue weighted by Gasteiger charge is 2.35. The van der Waals surface area contributed by atoms with Gasteiger partial charge in [0.05, 0.1) is 5.60 Å². The fraction of sp³-hybridized carbons (Fsp3) is 0.684. The van der Waals surface area contributed by atoms with E-state index in [9.17, 15) is 9.50 Å². The zero-order valence-corrected chi connectivity index (χ0v) is 13.9. The molecule has 0 spiro atoms. The lowest BCUT2D eigenvalue weighted by Crippen LogP contribution is -2.31. The van der Waals surface area contributed by atoms with Crippen LogP contribution in [-0.2, 0) is 6.42 Å². The van der Waals surface area contributed by atoms with E-state index in [-0.39, 0.29) is 5.82 Å². The SMILES string of the molecule is Cc1ccc(F)cc1CC1(O)CCCC(C(C)(C)C)CC1. The molecular weight excluding hydrogens is 263 g/mol. The van der Waals surface area contributed by atoms with Crippen LogP contribution in [0.15, 0.2) is 18.2 Å². The summed E-state index contributed by atoms with van der Waals surface area (Å²) >= 11 is 0. The zero-order valence-electron chi connectivity index (χ0n) is 13.9. The Labute approximate surface area is 128 Å². The van der Waals surface area contributed by atoms with Gasteiger partial charge >= 0.3 is 0 Å². The van der Waals surface area contributed by atoms with E-state index in [0.29, 0.717) is 17.8 Å². The summed E-state index contributed by atoms with van der Waals surface area (Å²) in [4.78, 5) is 0. The number of halogens is 1. The molecular formula is C19H29FO. The standard InChI is InChI=1S/C19H29FO/c1-14-7-8-17(20)12-15(14)13-19(21)10-5-6-16(9-11-19)18(2,3)4/h7-8,12,16,21H,5-6,9-11,13H2,1-4H3. The number of aliphatic hydroxyl groups is 1. The van der Waals surface area contributed by atoms with Gasteiger partial charge in [-0.1, -0.05) is 33.3 Å². The van der Waals surface area contributed by atoms with Crippen LogP contribution in [-0.4, -0.2) is 10.7 Å². The maximum Gasteiger partial charge on any atom is 0.123 e. The van der Waals surface area contributed by atoms with Gasteiger partial charge in [0.1, 0.15) is 5.82 Å². The highest BCUT2D eigenvalue weighted by atomic mass is 19.1. The number of benzene rings is 1. The molecule has 1 nitrogen and oxygen atoms in total. The van der Waals surface area contributed by atoms with E-state index < -0.39 is 5.60 Å². The third-order valence-corrected chi connectivity index (χ3v) is 5.21. The van der Waals surface area contributed by atoms with Crippen molar-refractivity contribution in [2.45, 2.75) is 71.8 Å². The lowest BCUT2D eigenvalue weighted by molar-refractivity contribution is 0.0223. The molecule has 1 aromatic carbocycles. The number of rotatable bonds is 2. The van der Waals surface area contributed by atoms with Gasteiger partial charge in [-0.3, -0.25) is 0 Å². The molecule has 2 atom stereocenters. The van der Waals surface area contributed by atoms with Crippen molar-refractivity contribution in [3.8, 4) is 0 Å². The van der Waals surface area contributed by atoms with E-state index in [0.717, 1.165) is 36.8 Å². The van der Waals surface area contributed by atoms with Crippen molar-refractivity contribution in [3.05, 3.63) is 35.1 Å². The van der Waals surface area contributed by atoms with Crippen molar-refractivity contribution in [3.63, 3.8) is 0 Å². The maximum absolute atomic E-state index is 13.4. The lowest BCUT2D eigenvalue weighted by Gasteiger charge is -2.31. The maximum atomic E-state index is 13.4. The summed E-state index contributed by atoms with van der Waals surface area (Å²) in [5.41, 5.74) is 1.66. The number of hydrogen-bond acceptors (Lipinski definition) is 1. The Hall–Kier alpha value is -0.890. The summed E-state index contributed by atoms with van der Waals surface area (Å²) in [7, 11) is 0. The molecule has 1 aromatic rings. The first-order valence-electron chi connectivity index (χ1n) is 8.17. The van der Waals surface area contributed by atoms with Crippen LogP contribution in [0.25, 0.3) is 0 Å². The molecule has 0 saturated heterocycles. The average molecular weight is 292 g/mol. The minimum Gasteiger partial charge on any atom is -0.390 e. The van der Waals surface area contributed by atoms with Crippen LogP contribution in [0.5, 0.6) is 0 Å². The minimum absolute atomic E-state index is 0.208. The molecule has 1 saturated carbocycles.